The normalized spacial score (nSPS) is 8.00. The largest absolute Gasteiger partial charge is 0.360 e. The molecule has 0 aliphatic heterocycles. The van der Waals surface area contributed by atoms with Gasteiger partial charge in [0.1, 0.15) is 0 Å². The number of hydrogen-bond donors (Lipinski definition) is 1. The topological polar surface area (TPSA) is 15.8 Å². The minimum atomic E-state index is 1.82. The first-order chi connectivity index (χ1) is 2.50. The van der Waals surface area contributed by atoms with E-state index < -0.39 is 0 Å². The summed E-state index contributed by atoms with van der Waals surface area (Å²) in [7, 11) is 0. The molecule has 1 heterocycles. The van der Waals surface area contributed by atoms with Crippen molar-refractivity contribution in [2.75, 3.05) is 0 Å². The van der Waals surface area contributed by atoms with Gasteiger partial charge in [0.15, 0.2) is 0 Å². The number of aromatic amines is 1. The number of rotatable bonds is 0. The van der Waals surface area contributed by atoms with Crippen LogP contribution in [0.4, 0.5) is 0 Å². The molecule has 1 radical (unpaired) electrons. The second-order valence-electron chi connectivity index (χ2n) is 0.814. The monoisotopic (exact) mass is 66.0 g/mol. The molecule has 1 heteroatoms. The molecule has 1 nitrogen and oxygen atoms in total. The molecule has 0 saturated heterocycles. The van der Waals surface area contributed by atoms with E-state index in [4.69, 9.17) is 0 Å². The summed E-state index contributed by atoms with van der Waals surface area (Å²) in [6, 6.07) is 3.71. The van der Waals surface area contributed by atoms with Crippen molar-refractivity contribution in [3.8, 4) is 0 Å². The van der Waals surface area contributed by atoms with Crippen molar-refractivity contribution in [2.45, 2.75) is 0 Å². The number of nitrogens with one attached hydrogen (secondary N) is 1. The Morgan fingerprint density at radius 1 is 1.60 bits per heavy atom. The fraction of sp³-hybridized carbons (Fsp3) is 0. The predicted molar refractivity (Wildman–Crippen MR) is 19.6 cm³/mol. The molecular weight excluding hydrogens is 62.1 g/mol. The van der Waals surface area contributed by atoms with Gasteiger partial charge in [-0.25, -0.2) is 0 Å². The molecule has 0 unspecified atom stereocenters. The maximum absolute atomic E-state index is 2.74. The number of H-pyrrole nitrogens is 1. The van der Waals surface area contributed by atoms with Crippen LogP contribution >= 0.6 is 0 Å². The van der Waals surface area contributed by atoms with Crippen LogP contribution in [0.1, 0.15) is 0 Å². The number of aromatic nitrogens is 1. The van der Waals surface area contributed by atoms with Gasteiger partial charge in [-0.2, -0.15) is 0 Å². The van der Waals surface area contributed by atoms with Crippen molar-refractivity contribution >= 4 is 0 Å². The van der Waals surface area contributed by atoms with Gasteiger partial charge in [-0.15, -0.1) is 0 Å². The predicted octanol–water partition coefficient (Wildman–Crippen LogP) is 0.815. The Hall–Kier alpha value is -0.720. The SMILES string of the molecule is [c]1ccc[nH]1. The Morgan fingerprint density at radius 3 is 2.80 bits per heavy atom. The molecular formula is C4H4N. The zero-order chi connectivity index (χ0) is 3.54. The molecule has 5 heavy (non-hydrogen) atoms. The first-order valence-electron chi connectivity index (χ1n) is 1.49. The summed E-state index contributed by atoms with van der Waals surface area (Å²) >= 11 is 0. The molecule has 0 atom stereocenters. The van der Waals surface area contributed by atoms with Crippen LogP contribution in [0.25, 0.3) is 0 Å². The van der Waals surface area contributed by atoms with E-state index >= 15 is 0 Å². The van der Waals surface area contributed by atoms with Gasteiger partial charge in [-0.05, 0) is 12.1 Å². The van der Waals surface area contributed by atoms with Gasteiger partial charge >= 0.3 is 0 Å². The van der Waals surface area contributed by atoms with Crippen LogP contribution in [0.3, 0.4) is 0 Å². The standard InChI is InChI=1S/C4H4N/c1-2-4-5-3-1/h1-3,5H. The fourth-order valence-electron chi connectivity index (χ4n) is 0.241. The molecule has 0 amide bonds. The van der Waals surface area contributed by atoms with E-state index in [0.717, 1.165) is 0 Å². The molecule has 0 spiro atoms. The highest BCUT2D eigenvalue weighted by Crippen LogP contribution is 1.70. The van der Waals surface area contributed by atoms with E-state index in [9.17, 15) is 0 Å². The molecule has 1 aromatic heterocycles. The third kappa shape index (κ3) is 0.293. The first-order valence-corrected chi connectivity index (χ1v) is 1.49. The minimum absolute atomic E-state index is 1.82. The van der Waals surface area contributed by atoms with Gasteiger partial charge in [0.2, 0.25) is 0 Å². The van der Waals surface area contributed by atoms with E-state index in [-0.39, 0.29) is 0 Å². The lowest BCUT2D eigenvalue weighted by Gasteiger charge is -1.47. The summed E-state index contributed by atoms with van der Waals surface area (Å²) < 4.78 is 0. The van der Waals surface area contributed by atoms with E-state index in [0.29, 0.717) is 0 Å². The molecule has 0 bridgehead atoms. The van der Waals surface area contributed by atoms with Crippen molar-refractivity contribution in [1.29, 1.82) is 0 Å². The molecule has 0 saturated carbocycles. The van der Waals surface area contributed by atoms with Crippen molar-refractivity contribution < 1.29 is 0 Å². The summed E-state index contributed by atoms with van der Waals surface area (Å²) in [5.74, 6) is 0. The second kappa shape index (κ2) is 0.931. The van der Waals surface area contributed by atoms with Gasteiger partial charge in [-0.3, -0.25) is 0 Å². The summed E-state index contributed by atoms with van der Waals surface area (Å²) in [6.07, 6.45) is 4.56. The van der Waals surface area contributed by atoms with Crippen LogP contribution in [0.5, 0.6) is 0 Å². The van der Waals surface area contributed by atoms with Gasteiger partial charge < -0.3 is 4.98 Å². The zero-order valence-corrected chi connectivity index (χ0v) is 2.73. The van der Waals surface area contributed by atoms with Crippen LogP contribution in [0.15, 0.2) is 18.3 Å². The number of hydrogen-bond acceptors (Lipinski definition) is 0. The highest BCUT2D eigenvalue weighted by atomic mass is 14.6. The van der Waals surface area contributed by atoms with E-state index in [1.165, 1.54) is 0 Å². The first kappa shape index (κ1) is 2.51. The van der Waals surface area contributed by atoms with Crippen molar-refractivity contribution in [2.24, 2.45) is 0 Å². The Morgan fingerprint density at radius 2 is 2.60 bits per heavy atom. The maximum atomic E-state index is 2.74. The van der Waals surface area contributed by atoms with Crippen LogP contribution in [0.2, 0.25) is 0 Å². The highest BCUT2D eigenvalue weighted by molar-refractivity contribution is 4.82. The van der Waals surface area contributed by atoms with Crippen molar-refractivity contribution in [3.05, 3.63) is 24.5 Å². The molecule has 1 N–H and O–H groups in total. The second-order valence-corrected chi connectivity index (χ2v) is 0.814. The quantitative estimate of drug-likeness (QED) is 0.461. The molecule has 0 aromatic carbocycles. The lowest BCUT2D eigenvalue weighted by molar-refractivity contribution is 1.40. The lowest BCUT2D eigenvalue weighted by atomic mass is 10.7. The van der Waals surface area contributed by atoms with Crippen molar-refractivity contribution in [1.82, 2.24) is 4.98 Å². The average molecular weight is 66.1 g/mol. The Kier molecular flexibility index (Phi) is 0.468. The third-order valence-corrected chi connectivity index (χ3v) is 0.442. The van der Waals surface area contributed by atoms with Gasteiger partial charge in [0.05, 0.1) is 6.20 Å². The van der Waals surface area contributed by atoms with Crippen LogP contribution < -0.4 is 0 Å². The molecule has 1 rings (SSSR count). The van der Waals surface area contributed by atoms with Crippen LogP contribution in [0, 0.1) is 6.20 Å². The summed E-state index contributed by atoms with van der Waals surface area (Å²) in [4.78, 5) is 2.74. The fourth-order valence-corrected chi connectivity index (χ4v) is 0.241. The Labute approximate surface area is 30.6 Å². The van der Waals surface area contributed by atoms with E-state index in [2.05, 4.69) is 11.2 Å². The third-order valence-electron chi connectivity index (χ3n) is 0.442. The molecule has 25 valence electrons. The molecule has 0 fully saturated rings. The Balaban J connectivity index is 3.13. The molecule has 0 aliphatic carbocycles. The van der Waals surface area contributed by atoms with Crippen LogP contribution in [-0.4, -0.2) is 4.98 Å². The smallest absolute Gasteiger partial charge is 0.0619 e. The Bertz CT molecular complexity index is 60.1. The van der Waals surface area contributed by atoms with E-state index in [1.54, 1.807) is 0 Å². The highest BCUT2D eigenvalue weighted by Gasteiger charge is 1.57. The van der Waals surface area contributed by atoms with Gasteiger partial charge in [0.25, 0.3) is 0 Å². The minimum Gasteiger partial charge on any atom is -0.360 e. The summed E-state index contributed by atoms with van der Waals surface area (Å²) in [5.41, 5.74) is 0. The summed E-state index contributed by atoms with van der Waals surface area (Å²) in [6.45, 7) is 0. The van der Waals surface area contributed by atoms with Crippen LogP contribution in [-0.2, 0) is 0 Å². The molecule has 0 aliphatic rings. The maximum Gasteiger partial charge on any atom is 0.0619 e. The zero-order valence-electron chi connectivity index (χ0n) is 2.73. The van der Waals surface area contributed by atoms with E-state index in [1.807, 2.05) is 18.3 Å². The average Bonchev–Trinajstić information content (AvgIpc) is 1.76. The van der Waals surface area contributed by atoms with Gasteiger partial charge in [-0.1, -0.05) is 0 Å². The summed E-state index contributed by atoms with van der Waals surface area (Å²) in [5, 5.41) is 0. The molecule has 1 aromatic rings. The van der Waals surface area contributed by atoms with Gasteiger partial charge in [0, 0.05) is 6.20 Å². The lowest BCUT2D eigenvalue weighted by Crippen LogP contribution is -1.40. The van der Waals surface area contributed by atoms with Crippen molar-refractivity contribution in [3.63, 3.8) is 0 Å².